The van der Waals surface area contributed by atoms with Crippen LogP contribution in [-0.4, -0.2) is 44.5 Å². The predicted octanol–water partition coefficient (Wildman–Crippen LogP) is 3.06. The van der Waals surface area contributed by atoms with E-state index in [1.165, 1.54) is 0 Å². The molecule has 36 heavy (non-hydrogen) atoms. The maximum atomic E-state index is 13.9. The fourth-order valence-corrected chi connectivity index (χ4v) is 3.98. The van der Waals surface area contributed by atoms with E-state index in [0.29, 0.717) is 22.4 Å². The molecule has 0 aliphatic heterocycles. The van der Waals surface area contributed by atoms with E-state index < -0.39 is 23.5 Å². The molecule has 0 radical (unpaired) electrons. The zero-order valence-corrected chi connectivity index (χ0v) is 20.1. The summed E-state index contributed by atoms with van der Waals surface area (Å²) in [4.78, 5) is 8.85. The number of hydrogen-bond donors (Lipinski definition) is 2. The van der Waals surface area contributed by atoms with Crippen LogP contribution in [0, 0.1) is 24.4 Å². The molecule has 10 heteroatoms. The van der Waals surface area contributed by atoms with Crippen LogP contribution in [-0.2, 0) is 0 Å². The molecule has 0 aliphatic rings. The number of halogens is 3. The Bertz CT molecular complexity index is 1490. The third-order valence-electron chi connectivity index (χ3n) is 5.81. The van der Waals surface area contributed by atoms with Crippen LogP contribution in [0.2, 0.25) is 0 Å². The third-order valence-corrected chi connectivity index (χ3v) is 5.81. The highest BCUT2D eigenvalue weighted by Gasteiger charge is 2.19. The summed E-state index contributed by atoms with van der Waals surface area (Å²) in [7, 11) is 1.58. The Morgan fingerprint density at radius 2 is 1.92 bits per heavy atom. The zero-order valence-electron chi connectivity index (χ0n) is 20.1. The molecule has 0 saturated carbocycles. The predicted molar refractivity (Wildman–Crippen MR) is 131 cm³/mol. The molecular formula is C26H26F3N5O2. The fourth-order valence-electron chi connectivity index (χ4n) is 3.98. The molecule has 0 bridgehead atoms. The van der Waals surface area contributed by atoms with Gasteiger partial charge in [0.05, 0.1) is 48.2 Å². The lowest BCUT2D eigenvalue weighted by Gasteiger charge is -2.18. The number of ether oxygens (including phenoxy) is 1. The minimum atomic E-state index is -1.53. The van der Waals surface area contributed by atoms with Gasteiger partial charge in [0, 0.05) is 12.7 Å². The van der Waals surface area contributed by atoms with Crippen LogP contribution in [0.15, 0.2) is 42.9 Å². The molecule has 2 heterocycles. The van der Waals surface area contributed by atoms with E-state index in [2.05, 4.69) is 21.9 Å². The average molecular weight is 498 g/mol. The first-order chi connectivity index (χ1) is 17.2. The molecule has 2 aromatic carbocycles. The fraction of sp³-hybridized carbons (Fsp3) is 0.231. The molecule has 0 amide bonds. The van der Waals surface area contributed by atoms with Gasteiger partial charge >= 0.3 is 0 Å². The van der Waals surface area contributed by atoms with Crippen molar-refractivity contribution < 1.29 is 23.0 Å². The van der Waals surface area contributed by atoms with Gasteiger partial charge < -0.3 is 24.3 Å². The highest BCUT2D eigenvalue weighted by Crippen LogP contribution is 2.25. The molecule has 4 aromatic rings. The third kappa shape index (κ3) is 4.85. The summed E-state index contributed by atoms with van der Waals surface area (Å²) in [5.74, 6) is -3.12. The van der Waals surface area contributed by atoms with Crippen molar-refractivity contribution in [3.05, 3.63) is 87.8 Å². The Kier molecular flexibility index (Phi) is 7.16. The lowest BCUT2D eigenvalue weighted by atomic mass is 10.1. The van der Waals surface area contributed by atoms with Crippen molar-refractivity contribution in [3.8, 4) is 11.4 Å². The lowest BCUT2D eigenvalue weighted by Crippen LogP contribution is -2.31. The standard InChI is InChI=1S/C26H26F3N5O2/c1-15-13-33(14-31-15)23-6-5-18(10-24(23)36-4)9-22-17(3)34(26(32-22)30-7-8-35)16(2)19-11-20(27)25(29)21(28)12-19/h5-6,9-14,16,35H,3,7-8H2,1-2,4H3,(H,30,32)/b22-9-. The number of aliphatic hydroxyl groups excluding tert-OH is 1. The van der Waals surface area contributed by atoms with Crippen molar-refractivity contribution >= 4 is 18.6 Å². The van der Waals surface area contributed by atoms with E-state index in [4.69, 9.17) is 4.74 Å². The van der Waals surface area contributed by atoms with E-state index in [1.54, 1.807) is 31.0 Å². The zero-order chi connectivity index (χ0) is 26.0. The maximum absolute atomic E-state index is 13.9. The van der Waals surface area contributed by atoms with Gasteiger partial charge in [0.25, 0.3) is 0 Å². The van der Waals surface area contributed by atoms with E-state index >= 15 is 0 Å². The van der Waals surface area contributed by atoms with Gasteiger partial charge in [-0.2, -0.15) is 0 Å². The molecule has 2 N–H and O–H groups in total. The topological polar surface area (TPSA) is 77.1 Å². The smallest absolute Gasteiger partial charge is 0.204 e. The first-order valence-electron chi connectivity index (χ1n) is 11.2. The van der Waals surface area contributed by atoms with Crippen LogP contribution < -0.4 is 20.8 Å². The van der Waals surface area contributed by atoms with Crippen molar-refractivity contribution in [1.29, 1.82) is 0 Å². The van der Waals surface area contributed by atoms with Gasteiger partial charge in [-0.15, -0.1) is 0 Å². The monoisotopic (exact) mass is 497 g/mol. The summed E-state index contributed by atoms with van der Waals surface area (Å²) in [6, 6.07) is 6.88. The van der Waals surface area contributed by atoms with Gasteiger partial charge in [0.2, 0.25) is 5.95 Å². The largest absolute Gasteiger partial charge is 0.495 e. The van der Waals surface area contributed by atoms with Gasteiger partial charge in [0.15, 0.2) is 17.5 Å². The van der Waals surface area contributed by atoms with Crippen molar-refractivity contribution in [1.82, 2.24) is 19.1 Å². The molecule has 0 fully saturated rings. The number of nitrogens with one attached hydrogen (secondary N) is 1. The molecule has 0 aliphatic carbocycles. The second-order valence-corrected chi connectivity index (χ2v) is 8.26. The van der Waals surface area contributed by atoms with Crippen molar-refractivity contribution in [2.24, 2.45) is 0 Å². The highest BCUT2D eigenvalue weighted by atomic mass is 19.2. The Hall–Kier alpha value is -4.05. The van der Waals surface area contributed by atoms with Gasteiger partial charge in [-0.3, -0.25) is 0 Å². The first-order valence-corrected chi connectivity index (χ1v) is 11.2. The van der Waals surface area contributed by atoms with Gasteiger partial charge in [-0.1, -0.05) is 12.6 Å². The second-order valence-electron chi connectivity index (χ2n) is 8.26. The molecule has 4 rings (SSSR count). The summed E-state index contributed by atoms with van der Waals surface area (Å²) >= 11 is 0. The summed E-state index contributed by atoms with van der Waals surface area (Å²) in [6.45, 7) is 7.76. The summed E-state index contributed by atoms with van der Waals surface area (Å²) in [5, 5.41) is 13.2. The lowest BCUT2D eigenvalue weighted by molar-refractivity contribution is 0.310. The number of methoxy groups -OCH3 is 1. The highest BCUT2D eigenvalue weighted by molar-refractivity contribution is 5.58. The van der Waals surface area contributed by atoms with E-state index in [-0.39, 0.29) is 18.7 Å². The molecule has 1 unspecified atom stereocenters. The van der Waals surface area contributed by atoms with Crippen LogP contribution in [0.4, 0.5) is 19.1 Å². The number of imidazole rings is 2. The van der Waals surface area contributed by atoms with Gasteiger partial charge in [-0.25, -0.2) is 23.1 Å². The molecule has 0 saturated heterocycles. The van der Waals surface area contributed by atoms with E-state index in [9.17, 15) is 18.3 Å². The van der Waals surface area contributed by atoms with Crippen molar-refractivity contribution in [2.75, 3.05) is 25.6 Å². The van der Waals surface area contributed by atoms with Crippen LogP contribution in [0.1, 0.15) is 29.8 Å². The quantitative estimate of drug-likeness (QED) is 0.366. The van der Waals surface area contributed by atoms with Gasteiger partial charge in [-0.05, 0) is 55.3 Å². The van der Waals surface area contributed by atoms with Crippen LogP contribution in [0.3, 0.4) is 0 Å². The number of anilines is 1. The number of hydrogen-bond acceptors (Lipinski definition) is 5. The van der Waals surface area contributed by atoms with Gasteiger partial charge in [0.1, 0.15) is 5.75 Å². The first kappa shape index (κ1) is 25.1. The maximum Gasteiger partial charge on any atom is 0.204 e. The molecule has 188 valence electrons. The molecular weight excluding hydrogens is 471 g/mol. The van der Waals surface area contributed by atoms with Crippen molar-refractivity contribution in [3.63, 3.8) is 0 Å². The average Bonchev–Trinajstić information content (AvgIpc) is 3.43. The number of aromatic nitrogens is 4. The number of benzene rings is 2. The Morgan fingerprint density at radius 1 is 1.19 bits per heavy atom. The van der Waals surface area contributed by atoms with E-state index in [1.807, 2.05) is 35.9 Å². The summed E-state index contributed by atoms with van der Waals surface area (Å²) in [5.41, 5.74) is 2.67. The molecule has 7 nitrogen and oxygen atoms in total. The number of nitrogens with zero attached hydrogens (tertiary/aromatic N) is 4. The normalized spacial score (nSPS) is 12.7. The van der Waals surface area contributed by atoms with Crippen molar-refractivity contribution in [2.45, 2.75) is 19.9 Å². The summed E-state index contributed by atoms with van der Waals surface area (Å²) < 4.78 is 50.4. The molecule has 2 aromatic heterocycles. The Balaban J connectivity index is 1.80. The summed E-state index contributed by atoms with van der Waals surface area (Å²) in [6.07, 6.45) is 5.39. The SMILES string of the molecule is C=c1/c(=C/c2ccc(-n3cnc(C)c3)c(OC)c2)nc(NCCO)n1C(C)c1cc(F)c(F)c(F)c1. The van der Waals surface area contributed by atoms with E-state index in [0.717, 1.165) is 29.1 Å². The second kappa shape index (κ2) is 10.3. The Labute approximate surface area is 205 Å². The van der Waals surface area contributed by atoms with Crippen LogP contribution >= 0.6 is 0 Å². The molecule has 0 spiro atoms. The molecule has 1 atom stereocenters. The van der Waals surface area contributed by atoms with Crippen LogP contribution in [0.5, 0.6) is 5.75 Å². The number of rotatable bonds is 8. The Morgan fingerprint density at radius 3 is 2.53 bits per heavy atom. The van der Waals surface area contributed by atoms with Crippen LogP contribution in [0.25, 0.3) is 18.3 Å². The number of aliphatic hydroxyl groups is 1. The minimum Gasteiger partial charge on any atom is -0.495 e. The minimum absolute atomic E-state index is 0.154. The number of aryl methyl sites for hydroxylation is 1.